The molecule has 7 nitrogen and oxygen atoms in total. The molecule has 32 heavy (non-hydrogen) atoms. The van der Waals surface area contributed by atoms with Crippen LogP contribution in [0.25, 0.3) is 28.0 Å². The number of aryl methyl sites for hydroxylation is 1. The molecule has 0 aliphatic heterocycles. The van der Waals surface area contributed by atoms with E-state index in [0.29, 0.717) is 40.8 Å². The molecule has 0 spiro atoms. The molecule has 2 N–H and O–H groups in total. The highest BCUT2D eigenvalue weighted by atomic mass is 35.5. The van der Waals surface area contributed by atoms with E-state index < -0.39 is 5.60 Å². The summed E-state index contributed by atoms with van der Waals surface area (Å²) in [6.45, 7) is 5.99. The standard InChI is InChI=1S/C24H23ClN6O/c1-15-12-17(13-19(25)28-15)21-22(18-7-5-4-6-16(18)14-26)30-31-11-8-20(29-23(21)31)27-10-9-24(2,3)32/h4-8,11-13,32H,9-10H2,1-3H3,(H,27,29). The second-order valence-corrected chi connectivity index (χ2v) is 8.66. The summed E-state index contributed by atoms with van der Waals surface area (Å²) in [5.74, 6) is 0.667. The number of hydrogen-bond donors (Lipinski definition) is 2. The maximum Gasteiger partial charge on any atom is 0.165 e. The Balaban J connectivity index is 1.90. The van der Waals surface area contributed by atoms with E-state index in [1.54, 1.807) is 30.5 Å². The summed E-state index contributed by atoms with van der Waals surface area (Å²) in [5.41, 5.74) is 4.11. The highest BCUT2D eigenvalue weighted by Gasteiger charge is 2.21. The fraction of sp³-hybridized carbons (Fsp3) is 0.250. The Bertz CT molecular complexity index is 1310. The van der Waals surface area contributed by atoms with Gasteiger partial charge in [0.05, 0.1) is 22.8 Å². The summed E-state index contributed by atoms with van der Waals surface area (Å²) in [5, 5.41) is 28.0. The zero-order valence-corrected chi connectivity index (χ0v) is 18.9. The number of halogens is 1. The number of anilines is 1. The van der Waals surface area contributed by atoms with Gasteiger partial charge in [-0.05, 0) is 57.0 Å². The van der Waals surface area contributed by atoms with E-state index in [0.717, 1.165) is 22.4 Å². The molecule has 4 aromatic rings. The largest absolute Gasteiger partial charge is 0.390 e. The Hall–Kier alpha value is -3.47. The van der Waals surface area contributed by atoms with Crippen molar-refractivity contribution in [3.63, 3.8) is 0 Å². The minimum absolute atomic E-state index is 0.373. The highest BCUT2D eigenvalue weighted by molar-refractivity contribution is 6.29. The molecule has 0 aliphatic rings. The van der Waals surface area contributed by atoms with Gasteiger partial charge in [-0.25, -0.2) is 14.5 Å². The predicted octanol–water partition coefficient (Wildman–Crippen LogP) is 4.86. The third kappa shape index (κ3) is 4.57. The van der Waals surface area contributed by atoms with Crippen molar-refractivity contribution >= 4 is 23.1 Å². The second kappa shape index (κ2) is 8.58. The highest BCUT2D eigenvalue weighted by Crippen LogP contribution is 2.37. The first-order valence-electron chi connectivity index (χ1n) is 10.2. The van der Waals surface area contributed by atoms with Crippen molar-refractivity contribution in [2.45, 2.75) is 32.8 Å². The monoisotopic (exact) mass is 446 g/mol. The molecule has 8 heteroatoms. The van der Waals surface area contributed by atoms with Gasteiger partial charge in [-0.3, -0.25) is 0 Å². The van der Waals surface area contributed by atoms with Gasteiger partial charge in [0.1, 0.15) is 16.7 Å². The van der Waals surface area contributed by atoms with Crippen LogP contribution < -0.4 is 5.32 Å². The summed E-state index contributed by atoms with van der Waals surface area (Å²) in [7, 11) is 0. The normalized spacial score (nSPS) is 11.5. The van der Waals surface area contributed by atoms with Gasteiger partial charge in [0.2, 0.25) is 0 Å². The van der Waals surface area contributed by atoms with E-state index in [1.807, 2.05) is 43.5 Å². The summed E-state index contributed by atoms with van der Waals surface area (Å²) in [6.07, 6.45) is 2.40. The SMILES string of the molecule is Cc1cc(-c2c(-c3ccccc3C#N)nn3ccc(NCCC(C)(C)O)nc23)cc(Cl)n1. The zero-order chi connectivity index (χ0) is 22.9. The summed E-state index contributed by atoms with van der Waals surface area (Å²) < 4.78 is 1.70. The van der Waals surface area contributed by atoms with Gasteiger partial charge < -0.3 is 10.4 Å². The maximum atomic E-state index is 9.97. The molecule has 0 saturated carbocycles. The molecule has 1 aromatic carbocycles. The van der Waals surface area contributed by atoms with Gasteiger partial charge >= 0.3 is 0 Å². The van der Waals surface area contributed by atoms with E-state index in [2.05, 4.69) is 16.4 Å². The molecule has 162 valence electrons. The Morgan fingerprint density at radius 1 is 1.19 bits per heavy atom. The van der Waals surface area contributed by atoms with Crippen LogP contribution in [0.1, 0.15) is 31.5 Å². The van der Waals surface area contributed by atoms with Crippen molar-refractivity contribution in [3.8, 4) is 28.5 Å². The fourth-order valence-electron chi connectivity index (χ4n) is 3.54. The van der Waals surface area contributed by atoms with Crippen molar-refractivity contribution < 1.29 is 5.11 Å². The summed E-state index contributed by atoms with van der Waals surface area (Å²) >= 11 is 6.27. The molecular weight excluding hydrogens is 424 g/mol. The maximum absolute atomic E-state index is 9.97. The number of hydrogen-bond acceptors (Lipinski definition) is 6. The van der Waals surface area contributed by atoms with Crippen LogP contribution in [0.2, 0.25) is 5.15 Å². The lowest BCUT2D eigenvalue weighted by molar-refractivity contribution is 0.0748. The van der Waals surface area contributed by atoms with E-state index in [-0.39, 0.29) is 0 Å². The van der Waals surface area contributed by atoms with Crippen LogP contribution in [-0.2, 0) is 0 Å². The van der Waals surface area contributed by atoms with Crippen molar-refractivity contribution in [1.29, 1.82) is 5.26 Å². The molecule has 0 saturated heterocycles. The number of aliphatic hydroxyl groups is 1. The predicted molar refractivity (Wildman–Crippen MR) is 126 cm³/mol. The number of nitrogens with zero attached hydrogens (tertiary/aromatic N) is 5. The molecule has 0 unspecified atom stereocenters. The zero-order valence-electron chi connectivity index (χ0n) is 18.1. The molecule has 0 atom stereocenters. The van der Waals surface area contributed by atoms with Crippen molar-refractivity contribution in [2.75, 3.05) is 11.9 Å². The Labute approximate surface area is 191 Å². The van der Waals surface area contributed by atoms with E-state index >= 15 is 0 Å². The molecule has 0 radical (unpaired) electrons. The topological polar surface area (TPSA) is 99.1 Å². The number of rotatable bonds is 6. The average molecular weight is 447 g/mol. The molecule has 0 fully saturated rings. The average Bonchev–Trinajstić information content (AvgIpc) is 3.10. The smallest absolute Gasteiger partial charge is 0.165 e. The van der Waals surface area contributed by atoms with Crippen LogP contribution in [0.4, 0.5) is 5.82 Å². The molecule has 3 aromatic heterocycles. The van der Waals surface area contributed by atoms with Crippen molar-refractivity contribution in [1.82, 2.24) is 19.6 Å². The first-order chi connectivity index (χ1) is 15.2. The van der Waals surface area contributed by atoms with E-state index in [1.165, 1.54) is 0 Å². The first-order valence-corrected chi connectivity index (χ1v) is 10.6. The molecular formula is C24H23ClN6O. The van der Waals surface area contributed by atoms with Gasteiger partial charge in [-0.2, -0.15) is 10.4 Å². The van der Waals surface area contributed by atoms with Crippen LogP contribution in [0.15, 0.2) is 48.7 Å². The number of benzene rings is 1. The van der Waals surface area contributed by atoms with Gasteiger partial charge in [0.25, 0.3) is 0 Å². The van der Waals surface area contributed by atoms with E-state index in [4.69, 9.17) is 21.7 Å². The van der Waals surface area contributed by atoms with Gasteiger partial charge in [0.15, 0.2) is 5.65 Å². The first kappa shape index (κ1) is 21.8. The Morgan fingerprint density at radius 2 is 1.97 bits per heavy atom. The number of fused-ring (bicyclic) bond motifs is 1. The van der Waals surface area contributed by atoms with Crippen LogP contribution in [-0.4, -0.2) is 36.8 Å². The van der Waals surface area contributed by atoms with Crippen molar-refractivity contribution in [2.24, 2.45) is 0 Å². The lowest BCUT2D eigenvalue weighted by atomic mass is 9.98. The van der Waals surface area contributed by atoms with Crippen LogP contribution in [0.3, 0.4) is 0 Å². The van der Waals surface area contributed by atoms with Crippen LogP contribution in [0.5, 0.6) is 0 Å². The second-order valence-electron chi connectivity index (χ2n) is 8.27. The van der Waals surface area contributed by atoms with Gasteiger partial charge in [-0.1, -0.05) is 29.8 Å². The lowest BCUT2D eigenvalue weighted by Gasteiger charge is -2.17. The Kier molecular flexibility index (Phi) is 5.83. The molecule has 0 aliphatic carbocycles. The molecule has 4 rings (SSSR count). The minimum Gasteiger partial charge on any atom is -0.390 e. The third-order valence-corrected chi connectivity index (χ3v) is 5.24. The minimum atomic E-state index is -0.766. The fourth-order valence-corrected chi connectivity index (χ4v) is 3.79. The number of nitrogens with one attached hydrogen (secondary N) is 1. The summed E-state index contributed by atoms with van der Waals surface area (Å²) in [4.78, 5) is 9.06. The molecule has 0 amide bonds. The van der Waals surface area contributed by atoms with Crippen LogP contribution in [0, 0.1) is 18.3 Å². The number of pyridine rings is 1. The lowest BCUT2D eigenvalue weighted by Crippen LogP contribution is -2.22. The Morgan fingerprint density at radius 3 is 2.69 bits per heavy atom. The van der Waals surface area contributed by atoms with Gasteiger partial charge in [-0.15, -0.1) is 0 Å². The van der Waals surface area contributed by atoms with Crippen LogP contribution >= 0.6 is 11.6 Å². The van der Waals surface area contributed by atoms with Gasteiger partial charge in [0, 0.05) is 24.0 Å². The number of nitriles is 1. The third-order valence-electron chi connectivity index (χ3n) is 5.04. The molecule has 3 heterocycles. The van der Waals surface area contributed by atoms with E-state index in [9.17, 15) is 10.4 Å². The summed E-state index contributed by atoms with van der Waals surface area (Å²) in [6, 6.07) is 15.1. The number of aromatic nitrogens is 4. The van der Waals surface area contributed by atoms with Crippen molar-refractivity contribution in [3.05, 3.63) is 65.1 Å². The molecule has 0 bridgehead atoms. The quantitative estimate of drug-likeness (QED) is 0.410.